The van der Waals surface area contributed by atoms with Crippen LogP contribution in [0.1, 0.15) is 43.0 Å². The molecular weight excluding hydrogens is 378 g/mol. The fraction of sp³-hybridized carbons (Fsp3) is 0.333. The smallest absolute Gasteiger partial charge is 0.337 e. The van der Waals surface area contributed by atoms with Gasteiger partial charge in [-0.15, -0.1) is 0 Å². The number of carbonyl (C=O) groups excluding carboxylic acids is 2. The molecule has 2 atom stereocenters. The highest BCUT2D eigenvalue weighted by Gasteiger charge is 2.31. The number of esters is 1. The van der Waals surface area contributed by atoms with E-state index in [1.807, 2.05) is 25.1 Å². The van der Waals surface area contributed by atoms with Crippen molar-refractivity contribution >= 4 is 12.0 Å². The second-order valence-electron chi connectivity index (χ2n) is 7.31. The van der Waals surface area contributed by atoms with Crippen LogP contribution in [0.4, 0.5) is 4.79 Å². The summed E-state index contributed by atoms with van der Waals surface area (Å²) in [6, 6.07) is 17.7. The molecule has 3 N–H and O–H groups in total. The number of urea groups is 1. The lowest BCUT2D eigenvalue weighted by atomic mass is 9.96. The van der Waals surface area contributed by atoms with E-state index < -0.39 is 5.97 Å². The molecule has 2 aromatic carbocycles. The van der Waals surface area contributed by atoms with Crippen LogP contribution in [-0.2, 0) is 9.53 Å². The van der Waals surface area contributed by atoms with Gasteiger partial charge in [-0.2, -0.15) is 0 Å². The molecule has 0 unspecified atom stereocenters. The summed E-state index contributed by atoms with van der Waals surface area (Å²) >= 11 is 0. The monoisotopic (exact) mass is 407 g/mol. The van der Waals surface area contributed by atoms with Crippen molar-refractivity contribution in [1.82, 2.24) is 16.0 Å². The van der Waals surface area contributed by atoms with Gasteiger partial charge in [0, 0.05) is 12.2 Å². The molecule has 0 saturated heterocycles. The zero-order valence-corrected chi connectivity index (χ0v) is 17.7. The third-order valence-electron chi connectivity index (χ3n) is 5.17. The van der Waals surface area contributed by atoms with Crippen LogP contribution in [-0.4, -0.2) is 31.2 Å². The fourth-order valence-electron chi connectivity index (χ4n) is 3.64. The summed E-state index contributed by atoms with van der Waals surface area (Å²) in [6.45, 7) is 6.37. The first-order valence-electron chi connectivity index (χ1n) is 10.4. The fourth-order valence-corrected chi connectivity index (χ4v) is 3.64. The van der Waals surface area contributed by atoms with Crippen molar-refractivity contribution in [2.24, 2.45) is 0 Å². The third kappa shape index (κ3) is 5.07. The maximum atomic E-state index is 12.6. The number of aryl methyl sites for hydroxylation is 1. The van der Waals surface area contributed by atoms with E-state index in [1.165, 1.54) is 5.56 Å². The second-order valence-corrected chi connectivity index (χ2v) is 7.31. The van der Waals surface area contributed by atoms with E-state index in [-0.39, 0.29) is 24.7 Å². The minimum absolute atomic E-state index is 0.0883. The zero-order valence-electron chi connectivity index (χ0n) is 17.7. The molecule has 0 saturated carbocycles. The van der Waals surface area contributed by atoms with Gasteiger partial charge in [-0.05, 0) is 31.4 Å². The van der Waals surface area contributed by atoms with Gasteiger partial charge in [-0.25, -0.2) is 9.59 Å². The molecule has 2 aromatic rings. The van der Waals surface area contributed by atoms with Gasteiger partial charge >= 0.3 is 12.0 Å². The van der Waals surface area contributed by atoms with Gasteiger partial charge in [0.25, 0.3) is 0 Å². The van der Waals surface area contributed by atoms with E-state index in [0.29, 0.717) is 24.2 Å². The largest absolute Gasteiger partial charge is 0.463 e. The molecule has 6 nitrogen and oxygen atoms in total. The van der Waals surface area contributed by atoms with Crippen LogP contribution >= 0.6 is 0 Å². The van der Waals surface area contributed by atoms with E-state index in [2.05, 4.69) is 59.3 Å². The Balaban J connectivity index is 1.92. The number of rotatable bonds is 8. The number of hydrogen-bond acceptors (Lipinski definition) is 4. The molecule has 0 radical (unpaired) electrons. The van der Waals surface area contributed by atoms with Crippen molar-refractivity contribution in [2.75, 3.05) is 13.2 Å². The van der Waals surface area contributed by atoms with Gasteiger partial charge in [-0.3, -0.25) is 0 Å². The number of hydrogen-bond donors (Lipinski definition) is 3. The Morgan fingerprint density at radius 1 is 1.07 bits per heavy atom. The summed E-state index contributed by atoms with van der Waals surface area (Å²) in [5, 5.41) is 9.14. The summed E-state index contributed by atoms with van der Waals surface area (Å²) < 4.78 is 5.25. The van der Waals surface area contributed by atoms with Crippen LogP contribution in [0.25, 0.3) is 0 Å². The first kappa shape index (κ1) is 21.6. The Labute approximate surface area is 177 Å². The van der Waals surface area contributed by atoms with E-state index in [4.69, 9.17) is 4.74 Å². The standard InChI is InChI=1S/C24H29N3O3/c1-4-19-21(23(28)30-5-2)20(27-24(29)26-19)15-25-22(17-9-7-6-8-10-17)18-13-11-16(3)12-14-18/h6-14,19,22,25H,4-5,15H2,1-3H3,(H2,26,27,29)/t19-,22+/m1/s1. The third-order valence-corrected chi connectivity index (χ3v) is 5.17. The summed E-state index contributed by atoms with van der Waals surface area (Å²) in [6.07, 6.45) is 0.602. The van der Waals surface area contributed by atoms with E-state index in [9.17, 15) is 9.59 Å². The Kier molecular flexibility index (Phi) is 7.25. The lowest BCUT2D eigenvalue weighted by Gasteiger charge is -2.29. The highest BCUT2D eigenvalue weighted by molar-refractivity contribution is 5.94. The number of benzene rings is 2. The summed E-state index contributed by atoms with van der Waals surface area (Å²) in [5.74, 6) is -0.403. The Morgan fingerprint density at radius 3 is 2.37 bits per heavy atom. The van der Waals surface area contributed by atoms with Gasteiger partial charge in [0.05, 0.1) is 24.3 Å². The first-order valence-corrected chi connectivity index (χ1v) is 10.4. The number of amides is 2. The van der Waals surface area contributed by atoms with Crippen LogP contribution in [0.5, 0.6) is 0 Å². The zero-order chi connectivity index (χ0) is 21.5. The molecule has 0 fully saturated rings. The molecule has 1 heterocycles. The van der Waals surface area contributed by atoms with Crippen molar-refractivity contribution in [3.63, 3.8) is 0 Å². The number of ether oxygens (including phenoxy) is 1. The highest BCUT2D eigenvalue weighted by Crippen LogP contribution is 2.24. The molecule has 1 aliphatic rings. The van der Waals surface area contributed by atoms with Crippen molar-refractivity contribution in [1.29, 1.82) is 0 Å². The molecule has 0 aliphatic carbocycles. The molecular formula is C24H29N3O3. The lowest BCUT2D eigenvalue weighted by molar-refractivity contribution is -0.139. The van der Waals surface area contributed by atoms with Gasteiger partial charge < -0.3 is 20.7 Å². The second kappa shape index (κ2) is 10.1. The molecule has 0 aromatic heterocycles. The van der Waals surface area contributed by atoms with Gasteiger partial charge in [0.1, 0.15) is 0 Å². The maximum absolute atomic E-state index is 12.6. The summed E-state index contributed by atoms with van der Waals surface area (Å²) in [7, 11) is 0. The van der Waals surface area contributed by atoms with E-state index in [1.54, 1.807) is 6.92 Å². The Bertz CT molecular complexity index is 907. The summed E-state index contributed by atoms with van der Waals surface area (Å²) in [5.41, 5.74) is 4.43. The molecule has 158 valence electrons. The first-order chi connectivity index (χ1) is 14.5. The molecule has 3 rings (SSSR count). The van der Waals surface area contributed by atoms with Crippen molar-refractivity contribution < 1.29 is 14.3 Å². The van der Waals surface area contributed by atoms with E-state index in [0.717, 1.165) is 11.1 Å². The highest BCUT2D eigenvalue weighted by atomic mass is 16.5. The van der Waals surface area contributed by atoms with Crippen LogP contribution in [0.15, 0.2) is 65.9 Å². The minimum atomic E-state index is -0.403. The van der Waals surface area contributed by atoms with Crippen molar-refractivity contribution in [3.8, 4) is 0 Å². The molecule has 0 bridgehead atoms. The molecule has 2 amide bonds. The van der Waals surface area contributed by atoms with Gasteiger partial charge in [0.15, 0.2) is 0 Å². The van der Waals surface area contributed by atoms with Gasteiger partial charge in [-0.1, -0.05) is 67.1 Å². The van der Waals surface area contributed by atoms with Crippen LogP contribution in [0, 0.1) is 6.92 Å². The summed E-state index contributed by atoms with van der Waals surface area (Å²) in [4.78, 5) is 24.8. The number of nitrogens with one attached hydrogen (secondary N) is 3. The molecule has 30 heavy (non-hydrogen) atoms. The molecule has 0 spiro atoms. The topological polar surface area (TPSA) is 79.5 Å². The average Bonchev–Trinajstić information content (AvgIpc) is 2.75. The molecule has 1 aliphatic heterocycles. The maximum Gasteiger partial charge on any atom is 0.337 e. The van der Waals surface area contributed by atoms with Crippen molar-refractivity contribution in [3.05, 3.63) is 82.6 Å². The SMILES string of the molecule is CCOC(=O)C1=C(CN[C@@H](c2ccccc2)c2ccc(C)cc2)NC(=O)N[C@@H]1CC. The quantitative estimate of drug-likeness (QED) is 0.585. The molecule has 6 heteroatoms. The lowest BCUT2D eigenvalue weighted by Crippen LogP contribution is -2.52. The van der Waals surface area contributed by atoms with Gasteiger partial charge in [0.2, 0.25) is 0 Å². The van der Waals surface area contributed by atoms with Crippen LogP contribution in [0.2, 0.25) is 0 Å². The predicted molar refractivity (Wildman–Crippen MR) is 117 cm³/mol. The number of carbonyl (C=O) groups is 2. The van der Waals surface area contributed by atoms with Crippen LogP contribution in [0.3, 0.4) is 0 Å². The normalized spacial score (nSPS) is 17.2. The predicted octanol–water partition coefficient (Wildman–Crippen LogP) is 3.58. The average molecular weight is 408 g/mol. The Hall–Kier alpha value is -3.12. The minimum Gasteiger partial charge on any atom is -0.463 e. The van der Waals surface area contributed by atoms with E-state index >= 15 is 0 Å². The Morgan fingerprint density at radius 2 is 1.73 bits per heavy atom. The van der Waals surface area contributed by atoms with Crippen molar-refractivity contribution in [2.45, 2.75) is 39.3 Å². The van der Waals surface area contributed by atoms with Crippen LogP contribution < -0.4 is 16.0 Å².